The van der Waals surface area contributed by atoms with Gasteiger partial charge >= 0.3 is 0 Å². The molecule has 2 heterocycles. The van der Waals surface area contributed by atoms with Crippen molar-refractivity contribution in [2.75, 3.05) is 6.61 Å². The van der Waals surface area contributed by atoms with E-state index in [1.807, 2.05) is 6.92 Å². The molecule has 0 saturated heterocycles. The fourth-order valence-corrected chi connectivity index (χ4v) is 2.63. The number of rotatable bonds is 3. The molecule has 0 bridgehead atoms. The lowest BCUT2D eigenvalue weighted by Crippen LogP contribution is -2.43. The Morgan fingerprint density at radius 2 is 2.27 bits per heavy atom. The average molecular weight is 304 g/mol. The first kappa shape index (κ1) is 14.6. The van der Waals surface area contributed by atoms with E-state index in [0.29, 0.717) is 24.5 Å². The van der Waals surface area contributed by atoms with Crippen molar-refractivity contribution >= 4 is 5.91 Å². The van der Waals surface area contributed by atoms with Gasteiger partial charge in [0.25, 0.3) is 0 Å². The van der Waals surface area contributed by atoms with Gasteiger partial charge in [0.1, 0.15) is 23.9 Å². The van der Waals surface area contributed by atoms with Gasteiger partial charge in [0.15, 0.2) is 0 Å². The minimum absolute atomic E-state index is 0.103. The van der Waals surface area contributed by atoms with E-state index in [-0.39, 0.29) is 24.2 Å². The topological polar surface area (TPSA) is 64.4 Å². The Kier molecular flexibility index (Phi) is 3.83. The van der Waals surface area contributed by atoms with Gasteiger partial charge in [-0.25, -0.2) is 4.39 Å². The molecule has 3 rings (SSSR count). The van der Waals surface area contributed by atoms with Crippen LogP contribution in [0.2, 0.25) is 0 Å². The Hall–Kier alpha value is -2.37. The summed E-state index contributed by atoms with van der Waals surface area (Å²) in [7, 11) is 0. The first-order valence-electron chi connectivity index (χ1n) is 7.15. The fraction of sp³-hybridized carbons (Fsp3) is 0.375. The molecule has 1 amide bonds. The van der Waals surface area contributed by atoms with Crippen molar-refractivity contribution in [3.8, 4) is 5.75 Å². The van der Waals surface area contributed by atoms with Crippen molar-refractivity contribution in [2.45, 2.75) is 32.7 Å². The molecule has 116 valence electrons. The molecule has 22 heavy (non-hydrogen) atoms. The SMILES string of the molecule is Cc1noc(C)c1CC(=O)NC1COc2cc(F)ccc2C1. The maximum absolute atomic E-state index is 13.1. The lowest BCUT2D eigenvalue weighted by atomic mass is 10.0. The second kappa shape index (κ2) is 5.79. The molecule has 0 saturated carbocycles. The van der Waals surface area contributed by atoms with Gasteiger partial charge in [0.05, 0.1) is 18.2 Å². The number of fused-ring (bicyclic) bond motifs is 1. The number of carbonyl (C=O) groups excluding carboxylic acids is 1. The zero-order valence-electron chi connectivity index (χ0n) is 12.5. The highest BCUT2D eigenvalue weighted by Crippen LogP contribution is 2.25. The summed E-state index contributed by atoms with van der Waals surface area (Å²) < 4.78 is 23.7. The summed E-state index contributed by atoms with van der Waals surface area (Å²) in [5, 5.41) is 6.78. The first-order valence-corrected chi connectivity index (χ1v) is 7.15. The van der Waals surface area contributed by atoms with Crippen LogP contribution in [0, 0.1) is 19.7 Å². The number of nitrogens with zero attached hydrogens (tertiary/aromatic N) is 1. The third kappa shape index (κ3) is 2.95. The van der Waals surface area contributed by atoms with Crippen LogP contribution in [0.15, 0.2) is 22.7 Å². The number of carbonyl (C=O) groups is 1. The molecule has 2 aromatic rings. The largest absolute Gasteiger partial charge is 0.491 e. The van der Waals surface area contributed by atoms with E-state index in [2.05, 4.69) is 10.5 Å². The highest BCUT2D eigenvalue weighted by molar-refractivity contribution is 5.79. The Bertz CT molecular complexity index is 692. The molecule has 1 atom stereocenters. The number of aryl methyl sites for hydroxylation is 2. The number of ether oxygens (including phenoxy) is 1. The van der Waals surface area contributed by atoms with Crippen LogP contribution in [0.4, 0.5) is 4.39 Å². The maximum Gasteiger partial charge on any atom is 0.224 e. The van der Waals surface area contributed by atoms with E-state index in [1.165, 1.54) is 12.1 Å². The van der Waals surface area contributed by atoms with E-state index >= 15 is 0 Å². The minimum atomic E-state index is -0.320. The molecule has 5 nitrogen and oxygen atoms in total. The highest BCUT2D eigenvalue weighted by atomic mass is 19.1. The van der Waals surface area contributed by atoms with Crippen molar-refractivity contribution in [3.05, 3.63) is 46.6 Å². The van der Waals surface area contributed by atoms with E-state index in [4.69, 9.17) is 9.26 Å². The smallest absolute Gasteiger partial charge is 0.224 e. The molecule has 1 aliphatic heterocycles. The molecule has 0 aliphatic carbocycles. The summed E-state index contributed by atoms with van der Waals surface area (Å²) in [6, 6.07) is 4.34. The van der Waals surface area contributed by atoms with Crippen LogP contribution >= 0.6 is 0 Å². The van der Waals surface area contributed by atoms with E-state index in [0.717, 1.165) is 16.8 Å². The summed E-state index contributed by atoms with van der Waals surface area (Å²) in [6.07, 6.45) is 0.858. The van der Waals surface area contributed by atoms with Gasteiger partial charge in [-0.1, -0.05) is 11.2 Å². The number of amides is 1. The van der Waals surface area contributed by atoms with Gasteiger partial charge < -0.3 is 14.6 Å². The first-order chi connectivity index (χ1) is 10.5. The number of hydrogen-bond donors (Lipinski definition) is 1. The van der Waals surface area contributed by atoms with Gasteiger partial charge in [0, 0.05) is 11.6 Å². The fourth-order valence-electron chi connectivity index (χ4n) is 2.63. The van der Waals surface area contributed by atoms with Crippen molar-refractivity contribution < 1.29 is 18.4 Å². The summed E-state index contributed by atoms with van der Waals surface area (Å²) in [4.78, 5) is 12.2. The highest BCUT2D eigenvalue weighted by Gasteiger charge is 2.23. The Balaban J connectivity index is 1.62. The number of nitrogens with one attached hydrogen (secondary N) is 1. The summed E-state index contributed by atoms with van der Waals surface area (Å²) in [5.41, 5.74) is 2.44. The molecule has 6 heteroatoms. The van der Waals surface area contributed by atoms with Gasteiger partial charge in [-0.05, 0) is 31.9 Å². The predicted octanol–water partition coefficient (Wildman–Crippen LogP) is 2.09. The van der Waals surface area contributed by atoms with Crippen LogP contribution in [0.3, 0.4) is 0 Å². The van der Waals surface area contributed by atoms with Gasteiger partial charge in [-0.3, -0.25) is 4.79 Å². The second-order valence-corrected chi connectivity index (χ2v) is 5.51. The molecular formula is C16H17FN2O3. The molecule has 1 aromatic carbocycles. The summed E-state index contributed by atoms with van der Waals surface area (Å²) >= 11 is 0. The molecular weight excluding hydrogens is 287 g/mol. The maximum atomic E-state index is 13.1. The van der Waals surface area contributed by atoms with Gasteiger partial charge in [-0.2, -0.15) is 0 Å². The number of halogens is 1. The van der Waals surface area contributed by atoms with Crippen LogP contribution < -0.4 is 10.1 Å². The van der Waals surface area contributed by atoms with E-state index in [1.54, 1.807) is 13.0 Å². The lowest BCUT2D eigenvalue weighted by molar-refractivity contribution is -0.121. The van der Waals surface area contributed by atoms with E-state index in [9.17, 15) is 9.18 Å². The molecule has 0 fully saturated rings. The molecule has 0 radical (unpaired) electrons. The second-order valence-electron chi connectivity index (χ2n) is 5.51. The van der Waals surface area contributed by atoms with Crippen LogP contribution in [0.1, 0.15) is 22.6 Å². The quantitative estimate of drug-likeness (QED) is 0.943. The third-order valence-corrected chi connectivity index (χ3v) is 3.82. The monoisotopic (exact) mass is 304 g/mol. The van der Waals surface area contributed by atoms with Gasteiger partial charge in [0.2, 0.25) is 5.91 Å². The van der Waals surface area contributed by atoms with Crippen LogP contribution in [-0.4, -0.2) is 23.7 Å². The molecule has 1 aliphatic rings. The number of hydrogen-bond acceptors (Lipinski definition) is 4. The Labute approximate surface area is 127 Å². The van der Waals surface area contributed by atoms with Crippen LogP contribution in [0.5, 0.6) is 5.75 Å². The standard InChI is InChI=1S/C16H17FN2O3/c1-9-14(10(2)22-19-9)7-16(20)18-13-5-11-3-4-12(17)6-15(11)21-8-13/h3-4,6,13H,5,7-8H2,1-2H3,(H,18,20). The predicted molar refractivity (Wildman–Crippen MR) is 77.2 cm³/mol. The van der Waals surface area contributed by atoms with Crippen molar-refractivity contribution in [2.24, 2.45) is 0 Å². The number of benzene rings is 1. The Morgan fingerprint density at radius 3 is 3.00 bits per heavy atom. The molecule has 1 unspecified atom stereocenters. The van der Waals surface area contributed by atoms with Crippen molar-refractivity contribution in [1.29, 1.82) is 0 Å². The third-order valence-electron chi connectivity index (χ3n) is 3.82. The van der Waals surface area contributed by atoms with Crippen LogP contribution in [0.25, 0.3) is 0 Å². The van der Waals surface area contributed by atoms with Crippen molar-refractivity contribution in [3.63, 3.8) is 0 Å². The van der Waals surface area contributed by atoms with Crippen molar-refractivity contribution in [1.82, 2.24) is 10.5 Å². The lowest BCUT2D eigenvalue weighted by Gasteiger charge is -2.26. The number of aromatic nitrogens is 1. The molecule has 1 aromatic heterocycles. The zero-order valence-corrected chi connectivity index (χ0v) is 12.5. The molecule has 0 spiro atoms. The zero-order chi connectivity index (χ0) is 15.7. The minimum Gasteiger partial charge on any atom is -0.491 e. The molecule has 1 N–H and O–H groups in total. The van der Waals surface area contributed by atoms with E-state index < -0.39 is 0 Å². The Morgan fingerprint density at radius 1 is 1.45 bits per heavy atom. The van der Waals surface area contributed by atoms with Gasteiger partial charge in [-0.15, -0.1) is 0 Å². The summed E-state index contributed by atoms with van der Waals surface area (Å²) in [6.45, 7) is 3.94. The average Bonchev–Trinajstić information content (AvgIpc) is 2.79. The normalized spacial score (nSPS) is 16.8. The van der Waals surface area contributed by atoms with Crippen LogP contribution in [-0.2, 0) is 17.6 Å². The summed E-state index contributed by atoms with van der Waals surface area (Å²) in [5.74, 6) is 0.790.